The van der Waals surface area contributed by atoms with Crippen LogP contribution in [0.2, 0.25) is 0 Å². The van der Waals surface area contributed by atoms with Crippen molar-refractivity contribution in [2.75, 3.05) is 18.9 Å². The van der Waals surface area contributed by atoms with Gasteiger partial charge in [-0.3, -0.25) is 14.8 Å². The summed E-state index contributed by atoms with van der Waals surface area (Å²) >= 11 is 1.48. The lowest BCUT2D eigenvalue weighted by Gasteiger charge is -2.28. The molecule has 1 fully saturated rings. The standard InChI is InChI=1S/C11H15N3O4S.C2H6.C2H2/c12-5-13-1-2-19-8-3-7(6-4-18-11(6)17)14-9(8)10(15)16;2*1-2/h5-8H,1-4H2,(H2,12,13)(H,15,16);1-2H3;1-2H/t6-,7?,8?;;/m1../s1. The van der Waals surface area contributed by atoms with Crippen LogP contribution < -0.4 is 5.73 Å². The van der Waals surface area contributed by atoms with Crippen LogP contribution >= 0.6 is 11.8 Å². The molecule has 3 atom stereocenters. The molecule has 2 heterocycles. The summed E-state index contributed by atoms with van der Waals surface area (Å²) < 4.78 is 4.70. The zero-order valence-electron chi connectivity index (χ0n) is 13.3. The number of carboxylic acid groups (broad SMARTS) is 1. The second-order valence-corrected chi connectivity index (χ2v) is 5.58. The number of carbonyl (C=O) groups excluding carboxylic acids is 1. The molecule has 0 spiro atoms. The van der Waals surface area contributed by atoms with Crippen LogP contribution in [-0.2, 0) is 14.3 Å². The highest BCUT2D eigenvalue weighted by Gasteiger charge is 2.44. The van der Waals surface area contributed by atoms with Crippen molar-refractivity contribution in [1.82, 2.24) is 0 Å². The summed E-state index contributed by atoms with van der Waals surface area (Å²) in [6.45, 7) is 4.88. The predicted molar refractivity (Wildman–Crippen MR) is 93.0 cm³/mol. The Balaban J connectivity index is 0.00000112. The number of carboxylic acids is 1. The van der Waals surface area contributed by atoms with E-state index in [4.69, 9.17) is 15.6 Å². The lowest BCUT2D eigenvalue weighted by molar-refractivity contribution is -0.169. The minimum atomic E-state index is -1.02. The minimum absolute atomic E-state index is 0.145. The average molecular weight is 341 g/mol. The van der Waals surface area contributed by atoms with Gasteiger partial charge in [0, 0.05) is 12.3 Å². The van der Waals surface area contributed by atoms with Gasteiger partial charge in [-0.2, -0.15) is 0 Å². The molecule has 128 valence electrons. The van der Waals surface area contributed by atoms with Crippen molar-refractivity contribution in [3.63, 3.8) is 0 Å². The van der Waals surface area contributed by atoms with E-state index in [-0.39, 0.29) is 28.9 Å². The summed E-state index contributed by atoms with van der Waals surface area (Å²) in [7, 11) is 0. The number of carbonyl (C=O) groups is 2. The molecule has 2 unspecified atom stereocenters. The van der Waals surface area contributed by atoms with Crippen molar-refractivity contribution in [3.8, 4) is 12.8 Å². The van der Waals surface area contributed by atoms with Gasteiger partial charge < -0.3 is 15.6 Å². The Morgan fingerprint density at radius 2 is 2.22 bits per heavy atom. The molecule has 7 nitrogen and oxygen atoms in total. The number of hydrogen-bond acceptors (Lipinski definition) is 6. The third kappa shape index (κ3) is 5.94. The van der Waals surface area contributed by atoms with Crippen LogP contribution in [0.5, 0.6) is 0 Å². The Labute approximate surface area is 140 Å². The summed E-state index contributed by atoms with van der Waals surface area (Å²) in [5.41, 5.74) is 5.28. The number of esters is 1. The van der Waals surface area contributed by atoms with Crippen molar-refractivity contribution in [3.05, 3.63) is 0 Å². The molecule has 0 aromatic rings. The molecule has 2 aliphatic heterocycles. The highest BCUT2D eigenvalue weighted by Crippen LogP contribution is 2.33. The summed E-state index contributed by atoms with van der Waals surface area (Å²) in [5, 5.41) is 8.94. The van der Waals surface area contributed by atoms with Gasteiger partial charge in [0.1, 0.15) is 18.2 Å². The van der Waals surface area contributed by atoms with Crippen LogP contribution in [0.25, 0.3) is 0 Å². The van der Waals surface area contributed by atoms with E-state index < -0.39 is 5.97 Å². The Morgan fingerprint density at radius 1 is 1.57 bits per heavy atom. The predicted octanol–water partition coefficient (Wildman–Crippen LogP) is 0.822. The van der Waals surface area contributed by atoms with E-state index >= 15 is 0 Å². The van der Waals surface area contributed by atoms with Gasteiger partial charge in [-0.05, 0) is 6.42 Å². The van der Waals surface area contributed by atoms with Gasteiger partial charge in [0.2, 0.25) is 0 Å². The summed E-state index contributed by atoms with van der Waals surface area (Å²) in [5.74, 6) is -0.902. The lowest BCUT2D eigenvalue weighted by atomic mass is 9.95. The molecule has 23 heavy (non-hydrogen) atoms. The van der Waals surface area contributed by atoms with E-state index in [1.165, 1.54) is 18.1 Å². The number of terminal acetylenes is 1. The Morgan fingerprint density at radius 3 is 2.65 bits per heavy atom. The van der Waals surface area contributed by atoms with Crippen LogP contribution in [0.15, 0.2) is 9.98 Å². The SMILES string of the molecule is C#C.CC.NC=NCCSC1CC([C@H]2COC2=O)N=C1C(=O)O. The van der Waals surface area contributed by atoms with Crippen molar-refractivity contribution >= 4 is 35.8 Å². The first-order chi connectivity index (χ1) is 11.1. The first kappa shape index (κ1) is 21.0. The second kappa shape index (κ2) is 11.5. The Bertz CT molecular complexity index is 477. The van der Waals surface area contributed by atoms with Crippen LogP contribution in [0.1, 0.15) is 20.3 Å². The molecule has 0 aromatic carbocycles. The summed E-state index contributed by atoms with van der Waals surface area (Å²) in [6, 6.07) is -0.261. The number of thioether (sulfide) groups is 1. The smallest absolute Gasteiger partial charge is 0.350 e. The van der Waals surface area contributed by atoms with Gasteiger partial charge in [-0.25, -0.2) is 4.79 Å². The molecule has 0 amide bonds. The maximum absolute atomic E-state index is 11.2. The number of aliphatic carboxylic acids is 1. The van der Waals surface area contributed by atoms with Crippen LogP contribution in [0.4, 0.5) is 0 Å². The number of nitrogens with two attached hydrogens (primary N) is 1. The number of cyclic esters (lactones) is 1. The van der Waals surface area contributed by atoms with Gasteiger partial charge in [0.15, 0.2) is 0 Å². The van der Waals surface area contributed by atoms with E-state index in [0.717, 1.165) is 0 Å². The van der Waals surface area contributed by atoms with Gasteiger partial charge in [0.05, 0.1) is 17.6 Å². The number of hydrogen-bond donors (Lipinski definition) is 2. The van der Waals surface area contributed by atoms with E-state index in [1.807, 2.05) is 13.8 Å². The Kier molecular flexibility index (Phi) is 10.5. The molecule has 0 saturated carbocycles. The highest BCUT2D eigenvalue weighted by atomic mass is 32.2. The van der Waals surface area contributed by atoms with Crippen molar-refractivity contribution in [2.24, 2.45) is 21.6 Å². The zero-order chi connectivity index (χ0) is 17.8. The fraction of sp³-hybridized carbons (Fsp3) is 0.600. The van der Waals surface area contributed by atoms with Crippen LogP contribution in [-0.4, -0.2) is 59.3 Å². The van der Waals surface area contributed by atoms with Gasteiger partial charge >= 0.3 is 11.9 Å². The molecule has 3 N–H and O–H groups in total. The van der Waals surface area contributed by atoms with Gasteiger partial charge in [-0.15, -0.1) is 24.6 Å². The molecule has 2 rings (SSSR count). The number of rotatable bonds is 6. The number of nitrogens with zero attached hydrogens (tertiary/aromatic N) is 2. The van der Waals surface area contributed by atoms with Crippen molar-refractivity contribution in [2.45, 2.75) is 31.6 Å². The van der Waals surface area contributed by atoms with Crippen molar-refractivity contribution in [1.29, 1.82) is 0 Å². The second-order valence-electron chi connectivity index (χ2n) is 4.27. The van der Waals surface area contributed by atoms with E-state index in [0.29, 0.717) is 25.3 Å². The molecular formula is C15H23N3O4S. The first-order valence-electron chi connectivity index (χ1n) is 7.26. The average Bonchev–Trinajstić information content (AvgIpc) is 2.97. The summed E-state index contributed by atoms with van der Waals surface area (Å²) in [4.78, 5) is 30.4. The topological polar surface area (TPSA) is 114 Å². The van der Waals surface area contributed by atoms with Crippen LogP contribution in [0, 0.1) is 18.8 Å². The van der Waals surface area contributed by atoms with E-state index in [2.05, 4.69) is 22.8 Å². The van der Waals surface area contributed by atoms with Crippen molar-refractivity contribution < 1.29 is 19.4 Å². The maximum atomic E-state index is 11.2. The third-order valence-corrected chi connectivity index (χ3v) is 4.34. The van der Waals surface area contributed by atoms with Gasteiger partial charge in [0.25, 0.3) is 0 Å². The molecule has 0 bridgehead atoms. The summed E-state index contributed by atoms with van der Waals surface area (Å²) in [6.07, 6.45) is 9.80. The quantitative estimate of drug-likeness (QED) is 0.243. The molecule has 0 aliphatic carbocycles. The van der Waals surface area contributed by atoms with E-state index in [9.17, 15) is 9.59 Å². The highest BCUT2D eigenvalue weighted by molar-refractivity contribution is 8.00. The molecule has 8 heteroatoms. The van der Waals surface area contributed by atoms with Gasteiger partial charge in [-0.1, -0.05) is 13.8 Å². The zero-order valence-corrected chi connectivity index (χ0v) is 14.2. The normalized spacial score (nSPS) is 25.1. The maximum Gasteiger partial charge on any atom is 0.350 e. The molecule has 0 radical (unpaired) electrons. The number of aliphatic imine (C=N–C) groups is 2. The molecule has 2 aliphatic rings. The number of ether oxygens (including phenoxy) is 1. The lowest BCUT2D eigenvalue weighted by Crippen LogP contribution is -2.41. The van der Waals surface area contributed by atoms with Crippen LogP contribution in [0.3, 0.4) is 0 Å². The fourth-order valence-corrected chi connectivity index (χ4v) is 3.23. The molecule has 0 aromatic heterocycles. The fourth-order valence-electron chi connectivity index (χ4n) is 2.08. The minimum Gasteiger partial charge on any atom is -0.477 e. The monoisotopic (exact) mass is 341 g/mol. The largest absolute Gasteiger partial charge is 0.477 e. The molecule has 1 saturated heterocycles. The molecular weight excluding hydrogens is 318 g/mol. The third-order valence-electron chi connectivity index (χ3n) is 3.10. The van der Waals surface area contributed by atoms with E-state index in [1.54, 1.807) is 0 Å². The first-order valence-corrected chi connectivity index (χ1v) is 8.31. The Hall–Kier alpha value is -2.01.